The molecule has 1 atom stereocenters. The normalized spacial score (nSPS) is 19.2. The molecule has 2 N–H and O–H groups in total. The number of primary amides is 1. The molecule has 1 saturated carbocycles. The Hall–Kier alpha value is -2.96. The van der Waals surface area contributed by atoms with Crippen LogP contribution in [-0.2, 0) is 4.79 Å². The minimum Gasteiger partial charge on any atom is -0.366 e. The zero-order valence-corrected chi connectivity index (χ0v) is 19.1. The van der Waals surface area contributed by atoms with E-state index in [-0.39, 0.29) is 11.9 Å². The van der Waals surface area contributed by atoms with Crippen molar-refractivity contribution in [3.05, 3.63) is 41.7 Å². The Kier molecular flexibility index (Phi) is 6.72. The number of carbonyl (C=O) groups excluding carboxylic acids is 2. The first-order valence-corrected chi connectivity index (χ1v) is 11.7. The van der Waals surface area contributed by atoms with Crippen LogP contribution < -0.4 is 10.6 Å². The van der Waals surface area contributed by atoms with E-state index in [1.807, 2.05) is 42.2 Å². The van der Waals surface area contributed by atoms with Crippen molar-refractivity contribution in [1.29, 1.82) is 0 Å². The van der Waals surface area contributed by atoms with Crippen LogP contribution in [0.25, 0.3) is 11.1 Å². The molecule has 1 aromatic carbocycles. The van der Waals surface area contributed by atoms with E-state index in [0.29, 0.717) is 23.9 Å². The summed E-state index contributed by atoms with van der Waals surface area (Å²) in [5, 5.41) is 0. The van der Waals surface area contributed by atoms with Gasteiger partial charge in [0, 0.05) is 44.4 Å². The number of hydrogen-bond donors (Lipinski definition) is 1. The minimum atomic E-state index is -0.453. The van der Waals surface area contributed by atoms with Gasteiger partial charge in [0.05, 0.1) is 11.7 Å². The topological polar surface area (TPSA) is 92.4 Å². The molecule has 7 nitrogen and oxygen atoms in total. The van der Waals surface area contributed by atoms with Crippen LogP contribution in [0.5, 0.6) is 0 Å². The number of nitrogens with zero attached hydrogens (tertiary/aromatic N) is 4. The molecule has 0 unspecified atom stereocenters. The highest BCUT2D eigenvalue weighted by Gasteiger charge is 2.34. The lowest BCUT2D eigenvalue weighted by Gasteiger charge is -2.29. The Bertz CT molecular complexity index is 967. The molecule has 32 heavy (non-hydrogen) atoms. The molecule has 2 heterocycles. The van der Waals surface area contributed by atoms with Crippen LogP contribution in [0.3, 0.4) is 0 Å². The standard InChI is InChI=1S/C25H33N5O2/c1-29(2)25-27-16-20(18-10-12-19(13-11-18)24(26)32)23(28-25)21-9-6-14-30(21)22(31)15-17-7-4-3-5-8-17/h10-13,16-17,21H,3-9,14-15H2,1-2H3,(H2,26,32)/t21-/m0/s1. The second-order valence-corrected chi connectivity index (χ2v) is 9.26. The van der Waals surface area contributed by atoms with Crippen molar-refractivity contribution in [2.24, 2.45) is 11.7 Å². The first kappa shape index (κ1) is 22.2. The largest absolute Gasteiger partial charge is 0.366 e. The second kappa shape index (κ2) is 9.67. The molecule has 0 radical (unpaired) electrons. The molecule has 2 amide bonds. The Morgan fingerprint density at radius 3 is 2.44 bits per heavy atom. The molecule has 1 aromatic heterocycles. The number of nitrogens with two attached hydrogens (primary N) is 1. The van der Waals surface area contributed by atoms with Gasteiger partial charge in [0.15, 0.2) is 0 Å². The molecule has 2 fully saturated rings. The van der Waals surface area contributed by atoms with Crippen LogP contribution in [-0.4, -0.2) is 47.3 Å². The molecule has 0 bridgehead atoms. The van der Waals surface area contributed by atoms with E-state index in [1.54, 1.807) is 12.1 Å². The quantitative estimate of drug-likeness (QED) is 0.742. The van der Waals surface area contributed by atoms with E-state index in [4.69, 9.17) is 10.7 Å². The fourth-order valence-electron chi connectivity index (χ4n) is 5.00. The third-order valence-corrected chi connectivity index (χ3v) is 6.76. The highest BCUT2D eigenvalue weighted by atomic mass is 16.2. The number of likely N-dealkylation sites (tertiary alicyclic amines) is 1. The summed E-state index contributed by atoms with van der Waals surface area (Å²) in [5.41, 5.74) is 8.56. The lowest BCUT2D eigenvalue weighted by molar-refractivity contribution is -0.133. The summed E-state index contributed by atoms with van der Waals surface area (Å²) < 4.78 is 0. The minimum absolute atomic E-state index is 0.0568. The Morgan fingerprint density at radius 2 is 1.78 bits per heavy atom. The number of amides is 2. The van der Waals surface area contributed by atoms with E-state index >= 15 is 0 Å². The van der Waals surface area contributed by atoms with Crippen molar-refractivity contribution in [1.82, 2.24) is 14.9 Å². The first-order chi connectivity index (χ1) is 15.4. The molecule has 7 heteroatoms. The number of carbonyl (C=O) groups is 2. The van der Waals surface area contributed by atoms with Gasteiger partial charge in [-0.15, -0.1) is 0 Å². The molecule has 170 valence electrons. The fourth-order valence-corrected chi connectivity index (χ4v) is 5.00. The highest BCUT2D eigenvalue weighted by molar-refractivity contribution is 5.93. The Labute approximate surface area is 190 Å². The van der Waals surface area contributed by atoms with Crippen molar-refractivity contribution < 1.29 is 9.59 Å². The summed E-state index contributed by atoms with van der Waals surface area (Å²) >= 11 is 0. The predicted molar refractivity (Wildman–Crippen MR) is 125 cm³/mol. The van der Waals surface area contributed by atoms with Gasteiger partial charge in [-0.05, 0) is 49.3 Å². The lowest BCUT2D eigenvalue weighted by atomic mass is 9.86. The number of hydrogen-bond acceptors (Lipinski definition) is 5. The number of benzene rings is 1. The summed E-state index contributed by atoms with van der Waals surface area (Å²) in [7, 11) is 3.84. The maximum atomic E-state index is 13.3. The van der Waals surface area contributed by atoms with Gasteiger partial charge in [0.25, 0.3) is 0 Å². The maximum Gasteiger partial charge on any atom is 0.248 e. The average molecular weight is 436 g/mol. The fraction of sp³-hybridized carbons (Fsp3) is 0.520. The Morgan fingerprint density at radius 1 is 1.06 bits per heavy atom. The van der Waals surface area contributed by atoms with E-state index in [2.05, 4.69) is 4.98 Å². The number of anilines is 1. The molecule has 4 rings (SSSR count). The molecule has 0 spiro atoms. The van der Waals surface area contributed by atoms with Gasteiger partial charge < -0.3 is 15.5 Å². The van der Waals surface area contributed by atoms with E-state index in [0.717, 1.165) is 36.2 Å². The van der Waals surface area contributed by atoms with Gasteiger partial charge in [0.1, 0.15) is 0 Å². The van der Waals surface area contributed by atoms with Crippen molar-refractivity contribution >= 4 is 17.8 Å². The molecule has 2 aliphatic rings. The van der Waals surface area contributed by atoms with Crippen LogP contribution in [0.1, 0.15) is 73.5 Å². The number of aromatic nitrogens is 2. The van der Waals surface area contributed by atoms with E-state index in [9.17, 15) is 9.59 Å². The third-order valence-electron chi connectivity index (χ3n) is 6.76. The highest BCUT2D eigenvalue weighted by Crippen LogP contribution is 2.38. The Balaban J connectivity index is 1.65. The smallest absolute Gasteiger partial charge is 0.248 e. The molecule has 1 saturated heterocycles. The van der Waals surface area contributed by atoms with Crippen LogP contribution in [0, 0.1) is 5.92 Å². The molecular weight excluding hydrogens is 402 g/mol. The van der Waals surface area contributed by atoms with Gasteiger partial charge in [0.2, 0.25) is 17.8 Å². The van der Waals surface area contributed by atoms with Gasteiger partial charge in [-0.1, -0.05) is 31.4 Å². The maximum absolute atomic E-state index is 13.3. The van der Waals surface area contributed by atoms with E-state index < -0.39 is 5.91 Å². The lowest BCUT2D eigenvalue weighted by Crippen LogP contribution is -2.33. The van der Waals surface area contributed by atoms with Crippen molar-refractivity contribution in [2.45, 2.75) is 57.4 Å². The molecule has 1 aliphatic carbocycles. The predicted octanol–water partition coefficient (Wildman–Crippen LogP) is 3.94. The van der Waals surface area contributed by atoms with Crippen molar-refractivity contribution in [2.75, 3.05) is 25.5 Å². The summed E-state index contributed by atoms with van der Waals surface area (Å²) in [6, 6.07) is 7.14. The van der Waals surface area contributed by atoms with Crippen molar-refractivity contribution in [3.8, 4) is 11.1 Å². The second-order valence-electron chi connectivity index (χ2n) is 9.26. The van der Waals surface area contributed by atoms with Gasteiger partial charge in [-0.3, -0.25) is 9.59 Å². The molecular formula is C25H33N5O2. The van der Waals surface area contributed by atoms with E-state index in [1.165, 1.54) is 32.1 Å². The van der Waals surface area contributed by atoms with Crippen LogP contribution in [0.4, 0.5) is 5.95 Å². The summed E-state index contributed by atoms with van der Waals surface area (Å²) in [4.78, 5) is 38.1. The SMILES string of the molecule is CN(C)c1ncc(-c2ccc(C(N)=O)cc2)c([C@@H]2CCCN2C(=O)CC2CCCCC2)n1. The van der Waals surface area contributed by atoms with Gasteiger partial charge in [-0.25, -0.2) is 9.97 Å². The van der Waals surface area contributed by atoms with Gasteiger partial charge >= 0.3 is 0 Å². The molecule has 2 aromatic rings. The summed E-state index contributed by atoms with van der Waals surface area (Å²) in [6.45, 7) is 0.775. The van der Waals surface area contributed by atoms with Crippen LogP contribution in [0.15, 0.2) is 30.5 Å². The summed E-state index contributed by atoms with van der Waals surface area (Å²) in [6.07, 6.45) is 10.5. The first-order valence-electron chi connectivity index (χ1n) is 11.7. The average Bonchev–Trinajstić information content (AvgIpc) is 3.29. The zero-order chi connectivity index (χ0) is 22.7. The third kappa shape index (κ3) is 4.76. The monoisotopic (exact) mass is 435 g/mol. The van der Waals surface area contributed by atoms with Crippen molar-refractivity contribution in [3.63, 3.8) is 0 Å². The zero-order valence-electron chi connectivity index (χ0n) is 19.1. The van der Waals surface area contributed by atoms with Crippen LogP contribution >= 0.6 is 0 Å². The van der Waals surface area contributed by atoms with Gasteiger partial charge in [-0.2, -0.15) is 0 Å². The number of rotatable bonds is 6. The summed E-state index contributed by atoms with van der Waals surface area (Å²) in [5.74, 6) is 0.941. The van der Waals surface area contributed by atoms with Crippen LogP contribution in [0.2, 0.25) is 0 Å². The molecule has 1 aliphatic heterocycles.